The number of aliphatic carboxylic acids is 1. The second-order valence-corrected chi connectivity index (χ2v) is 8.63. The lowest BCUT2D eigenvalue weighted by Crippen LogP contribution is -2.57. The van der Waals surface area contributed by atoms with Crippen molar-refractivity contribution in [3.8, 4) is 0 Å². The van der Waals surface area contributed by atoms with Gasteiger partial charge in [0.2, 0.25) is 11.8 Å². The van der Waals surface area contributed by atoms with Crippen LogP contribution < -0.4 is 5.32 Å². The van der Waals surface area contributed by atoms with E-state index in [4.69, 9.17) is 0 Å². The van der Waals surface area contributed by atoms with Crippen LogP contribution >= 0.6 is 0 Å². The summed E-state index contributed by atoms with van der Waals surface area (Å²) in [5, 5.41) is 12.6. The number of hydrogen-bond donors (Lipinski definition) is 2. The van der Waals surface area contributed by atoms with Crippen LogP contribution in [0.25, 0.3) is 0 Å². The molecule has 2 rings (SSSR count). The average Bonchev–Trinajstić information content (AvgIpc) is 2.80. The fourth-order valence-electron chi connectivity index (χ4n) is 3.91. The minimum Gasteiger partial charge on any atom is -0.480 e. The van der Waals surface area contributed by atoms with Crippen molar-refractivity contribution >= 4 is 17.8 Å². The predicted octanol–water partition coefficient (Wildman–Crippen LogP) is 2.56. The van der Waals surface area contributed by atoms with E-state index < -0.39 is 16.9 Å². The maximum Gasteiger partial charge on any atom is 0.329 e. The molecule has 6 nitrogen and oxygen atoms in total. The van der Waals surface area contributed by atoms with Gasteiger partial charge in [-0.15, -0.1) is 0 Å². The fourth-order valence-corrected chi connectivity index (χ4v) is 3.91. The smallest absolute Gasteiger partial charge is 0.329 e. The molecule has 0 radical (unpaired) electrons. The van der Waals surface area contributed by atoms with Crippen molar-refractivity contribution < 1.29 is 19.5 Å². The molecule has 25 heavy (non-hydrogen) atoms. The van der Waals surface area contributed by atoms with Gasteiger partial charge in [0.15, 0.2) is 0 Å². The minimum absolute atomic E-state index is 0.0485. The second-order valence-electron chi connectivity index (χ2n) is 8.63. The van der Waals surface area contributed by atoms with Gasteiger partial charge in [-0.2, -0.15) is 0 Å². The van der Waals surface area contributed by atoms with Crippen molar-refractivity contribution in [3.63, 3.8) is 0 Å². The van der Waals surface area contributed by atoms with Crippen LogP contribution in [0.5, 0.6) is 0 Å². The van der Waals surface area contributed by atoms with Crippen molar-refractivity contribution in [1.29, 1.82) is 0 Å². The number of likely N-dealkylation sites (tertiary alicyclic amines) is 1. The predicted molar refractivity (Wildman–Crippen MR) is 95.0 cm³/mol. The van der Waals surface area contributed by atoms with Gasteiger partial charge in [-0.25, -0.2) is 4.79 Å². The van der Waals surface area contributed by atoms with Crippen molar-refractivity contribution in [1.82, 2.24) is 10.2 Å². The van der Waals surface area contributed by atoms with E-state index in [9.17, 15) is 19.5 Å². The summed E-state index contributed by atoms with van der Waals surface area (Å²) in [6.45, 7) is 6.69. The molecule has 1 aliphatic heterocycles. The molecule has 2 N–H and O–H groups in total. The van der Waals surface area contributed by atoms with Crippen LogP contribution in [0.15, 0.2) is 0 Å². The van der Waals surface area contributed by atoms with E-state index in [-0.39, 0.29) is 17.7 Å². The van der Waals surface area contributed by atoms with Crippen molar-refractivity contribution in [2.75, 3.05) is 13.1 Å². The first kappa shape index (κ1) is 19.7. The Balaban J connectivity index is 2.05. The summed E-state index contributed by atoms with van der Waals surface area (Å²) in [6.07, 6.45) is 6.15. The summed E-state index contributed by atoms with van der Waals surface area (Å²) in [7, 11) is 0. The Kier molecular flexibility index (Phi) is 6.12. The number of piperidine rings is 1. The molecule has 0 aromatic heterocycles. The lowest BCUT2D eigenvalue weighted by molar-refractivity contribution is -0.150. The van der Waals surface area contributed by atoms with Gasteiger partial charge in [0.1, 0.15) is 5.54 Å². The molecule has 1 saturated heterocycles. The number of carboxylic acid groups (broad SMARTS) is 1. The van der Waals surface area contributed by atoms with Crippen LogP contribution in [0.2, 0.25) is 0 Å². The van der Waals surface area contributed by atoms with Crippen LogP contribution in [0.3, 0.4) is 0 Å². The first-order valence-electron chi connectivity index (χ1n) is 9.50. The van der Waals surface area contributed by atoms with Gasteiger partial charge in [-0.1, -0.05) is 46.5 Å². The summed E-state index contributed by atoms with van der Waals surface area (Å²) in [5.74, 6) is -1.41. The third-order valence-electron chi connectivity index (χ3n) is 5.45. The lowest BCUT2D eigenvalue weighted by Gasteiger charge is -2.37. The molecule has 1 atom stereocenters. The molecule has 2 amide bonds. The summed E-state index contributed by atoms with van der Waals surface area (Å²) >= 11 is 0. The van der Waals surface area contributed by atoms with Crippen molar-refractivity contribution in [2.24, 2.45) is 11.3 Å². The number of nitrogens with zero attached hydrogens (tertiary/aromatic N) is 1. The van der Waals surface area contributed by atoms with E-state index in [1.54, 1.807) is 4.90 Å². The highest BCUT2D eigenvalue weighted by atomic mass is 16.4. The Hall–Kier alpha value is -1.59. The van der Waals surface area contributed by atoms with Gasteiger partial charge in [0, 0.05) is 18.5 Å². The number of nitrogens with one attached hydrogen (secondary N) is 1. The van der Waals surface area contributed by atoms with Crippen LogP contribution in [0, 0.1) is 11.3 Å². The second kappa shape index (κ2) is 7.75. The average molecular weight is 352 g/mol. The number of carbonyl (C=O) groups is 3. The Morgan fingerprint density at radius 3 is 2.16 bits per heavy atom. The topological polar surface area (TPSA) is 86.7 Å². The Morgan fingerprint density at radius 1 is 1.04 bits per heavy atom. The summed E-state index contributed by atoms with van der Waals surface area (Å²) in [5.41, 5.74) is -1.61. The summed E-state index contributed by atoms with van der Waals surface area (Å²) in [6, 6.07) is 0. The molecule has 1 aliphatic carbocycles. The van der Waals surface area contributed by atoms with Crippen LogP contribution in [0.4, 0.5) is 0 Å². The Labute approximate surface area is 150 Å². The van der Waals surface area contributed by atoms with Gasteiger partial charge >= 0.3 is 5.97 Å². The number of hydrogen-bond acceptors (Lipinski definition) is 3. The fraction of sp³-hybridized carbons (Fsp3) is 0.842. The summed E-state index contributed by atoms with van der Waals surface area (Å²) < 4.78 is 0. The molecule has 1 heterocycles. The lowest BCUT2D eigenvalue weighted by atomic mass is 9.87. The maximum atomic E-state index is 12.8. The van der Waals surface area contributed by atoms with Crippen LogP contribution in [-0.4, -0.2) is 46.4 Å². The van der Waals surface area contributed by atoms with E-state index in [1.165, 1.54) is 0 Å². The molecule has 0 spiro atoms. The quantitative estimate of drug-likeness (QED) is 0.764. The highest BCUT2D eigenvalue weighted by molar-refractivity contribution is 5.89. The molecule has 0 bridgehead atoms. The standard InChI is InChI=1S/C19H32N2O4/c1-18(2,3)16(23)21-12-8-9-14(13-21)15(22)20-19(17(24)25)10-6-4-5-7-11-19/h14H,4-13H2,1-3H3,(H,20,22)(H,24,25). The SMILES string of the molecule is CC(C)(C)C(=O)N1CCCC(C(=O)NC2(C(=O)O)CCCCCC2)C1. The highest BCUT2D eigenvalue weighted by Gasteiger charge is 2.42. The molecular formula is C19H32N2O4. The molecule has 142 valence electrons. The molecule has 1 saturated carbocycles. The third kappa shape index (κ3) is 4.73. The Morgan fingerprint density at radius 2 is 1.64 bits per heavy atom. The van der Waals surface area contributed by atoms with Gasteiger partial charge in [-0.05, 0) is 25.7 Å². The van der Waals surface area contributed by atoms with E-state index >= 15 is 0 Å². The van der Waals surface area contributed by atoms with Gasteiger partial charge < -0.3 is 15.3 Å². The first-order valence-corrected chi connectivity index (χ1v) is 9.50. The van der Waals surface area contributed by atoms with E-state index in [2.05, 4.69) is 5.32 Å². The third-order valence-corrected chi connectivity index (χ3v) is 5.45. The van der Waals surface area contributed by atoms with Gasteiger partial charge in [0.25, 0.3) is 0 Å². The normalized spacial score (nSPS) is 24.3. The van der Waals surface area contributed by atoms with Crippen LogP contribution in [0.1, 0.15) is 72.1 Å². The van der Waals surface area contributed by atoms with Gasteiger partial charge in [-0.3, -0.25) is 9.59 Å². The Bertz CT molecular complexity index is 516. The molecule has 1 unspecified atom stereocenters. The van der Waals surface area contributed by atoms with E-state index in [0.717, 1.165) is 32.1 Å². The van der Waals surface area contributed by atoms with Crippen LogP contribution in [-0.2, 0) is 14.4 Å². The van der Waals surface area contributed by atoms with Crippen molar-refractivity contribution in [3.05, 3.63) is 0 Å². The zero-order chi connectivity index (χ0) is 18.7. The molecular weight excluding hydrogens is 320 g/mol. The zero-order valence-corrected chi connectivity index (χ0v) is 15.8. The zero-order valence-electron chi connectivity index (χ0n) is 15.8. The molecule has 6 heteroatoms. The molecule has 2 aliphatic rings. The largest absolute Gasteiger partial charge is 0.480 e. The number of amides is 2. The van der Waals surface area contributed by atoms with Gasteiger partial charge in [0.05, 0.1) is 5.92 Å². The van der Waals surface area contributed by atoms with E-state index in [0.29, 0.717) is 32.4 Å². The number of carbonyl (C=O) groups excluding carboxylic acids is 2. The number of rotatable bonds is 3. The first-order chi connectivity index (χ1) is 11.7. The van der Waals surface area contributed by atoms with Crippen molar-refractivity contribution in [2.45, 2.75) is 77.7 Å². The molecule has 0 aromatic rings. The highest BCUT2D eigenvalue weighted by Crippen LogP contribution is 2.29. The molecule has 0 aromatic carbocycles. The minimum atomic E-state index is -1.14. The summed E-state index contributed by atoms with van der Waals surface area (Å²) in [4.78, 5) is 38.9. The molecule has 2 fully saturated rings. The maximum absolute atomic E-state index is 12.8. The monoisotopic (exact) mass is 352 g/mol. The van der Waals surface area contributed by atoms with E-state index in [1.807, 2.05) is 20.8 Å². The number of carboxylic acids is 1.